The standard InChI is InChI=1S/C23H25NO4S/c1-16(2)18-9-11-20(12-10-18)29(26,27)22(21-8-5-13-28-21)15-24-23(25)19-7-4-6-17(3)14-19/h4-14,16,22H,15H2,1-3H3,(H,24,25)/t22-/m1/s1. The molecule has 1 N–H and O–H groups in total. The molecule has 1 heterocycles. The first kappa shape index (κ1) is 20.9. The Morgan fingerprint density at radius 2 is 1.76 bits per heavy atom. The molecule has 0 aliphatic heterocycles. The predicted molar refractivity (Wildman–Crippen MR) is 113 cm³/mol. The molecule has 0 aliphatic rings. The number of nitrogens with one attached hydrogen (secondary N) is 1. The van der Waals surface area contributed by atoms with Gasteiger partial charge in [0.1, 0.15) is 11.0 Å². The molecule has 6 heteroatoms. The number of carbonyl (C=O) groups excluding carboxylic acids is 1. The molecular weight excluding hydrogens is 386 g/mol. The quantitative estimate of drug-likeness (QED) is 0.614. The van der Waals surface area contributed by atoms with E-state index in [1.165, 1.54) is 6.26 Å². The predicted octanol–water partition coefficient (Wildman–Crippen LogP) is 4.66. The Kier molecular flexibility index (Phi) is 6.23. The highest BCUT2D eigenvalue weighted by Crippen LogP contribution is 2.30. The van der Waals surface area contributed by atoms with E-state index in [4.69, 9.17) is 4.42 Å². The van der Waals surface area contributed by atoms with Crippen molar-refractivity contribution in [3.8, 4) is 0 Å². The molecule has 0 saturated heterocycles. The molecule has 0 fully saturated rings. The summed E-state index contributed by atoms with van der Waals surface area (Å²) >= 11 is 0. The van der Waals surface area contributed by atoms with Gasteiger partial charge in [-0.2, -0.15) is 0 Å². The highest BCUT2D eigenvalue weighted by atomic mass is 32.2. The fourth-order valence-corrected chi connectivity index (χ4v) is 4.70. The molecule has 5 nitrogen and oxygen atoms in total. The van der Waals surface area contributed by atoms with Crippen molar-refractivity contribution in [2.75, 3.05) is 6.54 Å². The average Bonchev–Trinajstić information content (AvgIpc) is 3.22. The first-order valence-electron chi connectivity index (χ1n) is 9.51. The van der Waals surface area contributed by atoms with Gasteiger partial charge >= 0.3 is 0 Å². The van der Waals surface area contributed by atoms with Crippen LogP contribution in [0.25, 0.3) is 0 Å². The fraction of sp³-hybridized carbons (Fsp3) is 0.261. The van der Waals surface area contributed by atoms with Gasteiger partial charge in [-0.15, -0.1) is 0 Å². The summed E-state index contributed by atoms with van der Waals surface area (Å²) < 4.78 is 32.0. The van der Waals surface area contributed by atoms with Crippen molar-refractivity contribution in [3.05, 3.63) is 89.4 Å². The second-order valence-corrected chi connectivity index (χ2v) is 9.48. The maximum absolute atomic E-state index is 13.3. The molecule has 1 atom stereocenters. The Morgan fingerprint density at radius 1 is 1.03 bits per heavy atom. The molecule has 152 valence electrons. The zero-order valence-electron chi connectivity index (χ0n) is 16.8. The van der Waals surface area contributed by atoms with Crippen LogP contribution in [0.4, 0.5) is 0 Å². The SMILES string of the molecule is Cc1cccc(C(=O)NC[C@H](c2ccco2)S(=O)(=O)c2ccc(C(C)C)cc2)c1. The van der Waals surface area contributed by atoms with Gasteiger partial charge in [-0.05, 0) is 54.8 Å². The molecule has 0 radical (unpaired) electrons. The van der Waals surface area contributed by atoms with Gasteiger partial charge in [0, 0.05) is 12.1 Å². The van der Waals surface area contributed by atoms with E-state index >= 15 is 0 Å². The van der Waals surface area contributed by atoms with Crippen molar-refractivity contribution >= 4 is 15.7 Å². The highest BCUT2D eigenvalue weighted by Gasteiger charge is 2.32. The van der Waals surface area contributed by atoms with E-state index in [0.29, 0.717) is 17.2 Å². The topological polar surface area (TPSA) is 76.4 Å². The smallest absolute Gasteiger partial charge is 0.251 e. The van der Waals surface area contributed by atoms with Crippen molar-refractivity contribution in [2.45, 2.75) is 36.8 Å². The molecule has 3 rings (SSSR count). The zero-order valence-corrected chi connectivity index (χ0v) is 17.6. The molecule has 2 aromatic carbocycles. The van der Waals surface area contributed by atoms with E-state index in [0.717, 1.165) is 11.1 Å². The number of benzene rings is 2. The van der Waals surface area contributed by atoms with Gasteiger partial charge in [0.05, 0.1) is 11.2 Å². The lowest BCUT2D eigenvalue weighted by atomic mass is 10.0. The second-order valence-electron chi connectivity index (χ2n) is 7.35. The normalized spacial score (nSPS) is 12.7. The molecular formula is C23H25NO4S. The van der Waals surface area contributed by atoms with E-state index in [9.17, 15) is 13.2 Å². The van der Waals surface area contributed by atoms with Gasteiger partial charge < -0.3 is 9.73 Å². The number of carbonyl (C=O) groups is 1. The van der Waals surface area contributed by atoms with E-state index in [-0.39, 0.29) is 17.3 Å². The molecule has 0 bridgehead atoms. The average molecular weight is 412 g/mol. The Hall–Kier alpha value is -2.86. The van der Waals surface area contributed by atoms with Crippen LogP contribution in [0, 0.1) is 6.92 Å². The molecule has 1 amide bonds. The highest BCUT2D eigenvalue weighted by molar-refractivity contribution is 7.91. The maximum Gasteiger partial charge on any atom is 0.251 e. The van der Waals surface area contributed by atoms with Crippen LogP contribution in [0.1, 0.15) is 52.3 Å². The first-order valence-corrected chi connectivity index (χ1v) is 11.1. The van der Waals surface area contributed by atoms with E-state index in [1.54, 1.807) is 42.5 Å². The minimum atomic E-state index is -3.76. The summed E-state index contributed by atoms with van der Waals surface area (Å²) in [6.45, 7) is 5.91. The van der Waals surface area contributed by atoms with Gasteiger partial charge in [-0.3, -0.25) is 4.79 Å². The van der Waals surface area contributed by atoms with Crippen LogP contribution in [0.3, 0.4) is 0 Å². The number of amides is 1. The van der Waals surface area contributed by atoms with Crippen LogP contribution in [0.5, 0.6) is 0 Å². The van der Waals surface area contributed by atoms with Crippen molar-refractivity contribution in [1.82, 2.24) is 5.32 Å². The molecule has 29 heavy (non-hydrogen) atoms. The zero-order chi connectivity index (χ0) is 21.0. The van der Waals surface area contributed by atoms with E-state index in [1.807, 2.05) is 25.1 Å². The van der Waals surface area contributed by atoms with Crippen molar-refractivity contribution in [1.29, 1.82) is 0 Å². The fourth-order valence-electron chi connectivity index (χ4n) is 3.12. The molecule has 0 unspecified atom stereocenters. The Morgan fingerprint density at radius 3 is 2.34 bits per heavy atom. The van der Waals surface area contributed by atoms with Crippen LogP contribution >= 0.6 is 0 Å². The first-order chi connectivity index (χ1) is 13.8. The van der Waals surface area contributed by atoms with Gasteiger partial charge in [0.15, 0.2) is 9.84 Å². The molecule has 3 aromatic rings. The summed E-state index contributed by atoms with van der Waals surface area (Å²) in [5.74, 6) is 0.277. The molecule has 0 saturated carbocycles. The summed E-state index contributed by atoms with van der Waals surface area (Å²) in [5, 5.41) is 1.72. The summed E-state index contributed by atoms with van der Waals surface area (Å²) in [7, 11) is -3.76. The largest absolute Gasteiger partial charge is 0.468 e. The van der Waals surface area contributed by atoms with Crippen LogP contribution in [0.15, 0.2) is 76.2 Å². The lowest BCUT2D eigenvalue weighted by Gasteiger charge is -2.17. The number of hydrogen-bond donors (Lipinski definition) is 1. The third-order valence-corrected chi connectivity index (χ3v) is 6.92. The van der Waals surface area contributed by atoms with Gasteiger partial charge in [-0.1, -0.05) is 43.7 Å². The minimum Gasteiger partial charge on any atom is -0.468 e. The van der Waals surface area contributed by atoms with E-state index < -0.39 is 15.1 Å². The van der Waals surface area contributed by atoms with E-state index in [2.05, 4.69) is 19.2 Å². The summed E-state index contributed by atoms with van der Waals surface area (Å²) in [5.41, 5.74) is 2.51. The van der Waals surface area contributed by atoms with Crippen LogP contribution in [-0.4, -0.2) is 20.9 Å². The third-order valence-electron chi connectivity index (χ3n) is 4.84. The van der Waals surface area contributed by atoms with Gasteiger partial charge in [-0.25, -0.2) is 8.42 Å². The summed E-state index contributed by atoms with van der Waals surface area (Å²) in [4.78, 5) is 12.7. The molecule has 1 aromatic heterocycles. The summed E-state index contributed by atoms with van der Waals surface area (Å²) in [6.07, 6.45) is 1.43. The van der Waals surface area contributed by atoms with Crippen molar-refractivity contribution in [3.63, 3.8) is 0 Å². The van der Waals surface area contributed by atoms with Gasteiger partial charge in [0.25, 0.3) is 5.91 Å². The summed E-state index contributed by atoms with van der Waals surface area (Å²) in [6, 6.07) is 17.3. The number of rotatable bonds is 7. The maximum atomic E-state index is 13.3. The lowest BCUT2D eigenvalue weighted by Crippen LogP contribution is -2.31. The number of aryl methyl sites for hydroxylation is 1. The van der Waals surface area contributed by atoms with Crippen molar-refractivity contribution in [2.24, 2.45) is 0 Å². The third kappa shape index (κ3) is 4.77. The second kappa shape index (κ2) is 8.66. The Balaban J connectivity index is 1.86. The number of hydrogen-bond acceptors (Lipinski definition) is 4. The Labute approximate surface area is 171 Å². The number of sulfone groups is 1. The van der Waals surface area contributed by atoms with Crippen LogP contribution in [-0.2, 0) is 9.84 Å². The lowest BCUT2D eigenvalue weighted by molar-refractivity contribution is 0.0953. The van der Waals surface area contributed by atoms with Crippen LogP contribution in [0.2, 0.25) is 0 Å². The Bertz CT molecular complexity index is 1070. The molecule has 0 spiro atoms. The number of furan rings is 1. The monoisotopic (exact) mass is 411 g/mol. The van der Waals surface area contributed by atoms with Crippen LogP contribution < -0.4 is 5.32 Å². The van der Waals surface area contributed by atoms with Gasteiger partial charge in [0.2, 0.25) is 0 Å². The molecule has 0 aliphatic carbocycles. The minimum absolute atomic E-state index is 0.0887. The van der Waals surface area contributed by atoms with Crippen molar-refractivity contribution < 1.29 is 17.6 Å².